The van der Waals surface area contributed by atoms with Crippen LogP contribution in [0.3, 0.4) is 0 Å². The second kappa shape index (κ2) is 3.38. The average molecular weight is 267 g/mol. The van der Waals surface area contributed by atoms with E-state index in [2.05, 4.69) is 61.8 Å². The molecule has 15 heavy (non-hydrogen) atoms. The Morgan fingerprint density at radius 3 is 2.53 bits per heavy atom. The van der Waals surface area contributed by atoms with Crippen LogP contribution in [0.2, 0.25) is 0 Å². The predicted molar refractivity (Wildman–Crippen MR) is 67.5 cm³/mol. The molecule has 0 amide bonds. The summed E-state index contributed by atoms with van der Waals surface area (Å²) >= 11 is 3.61. The van der Waals surface area contributed by atoms with Crippen molar-refractivity contribution in [3.8, 4) is 5.75 Å². The number of rotatable bonds is 0. The molecule has 1 heterocycles. The second-order valence-corrected chi connectivity index (χ2v) is 5.51. The van der Waals surface area contributed by atoms with Crippen molar-refractivity contribution in [3.05, 3.63) is 34.9 Å². The molecular formula is C13H15BrO. The number of ether oxygens (including phenoxy) is 1. The minimum absolute atomic E-state index is 0.230. The molecular weight excluding hydrogens is 252 g/mol. The van der Waals surface area contributed by atoms with Crippen LogP contribution in [0.5, 0.6) is 5.75 Å². The van der Waals surface area contributed by atoms with Gasteiger partial charge in [-0.15, -0.1) is 0 Å². The molecule has 0 unspecified atom stereocenters. The van der Waals surface area contributed by atoms with Crippen LogP contribution in [0, 0.1) is 13.8 Å². The Balaban J connectivity index is 2.65. The number of fused-ring (bicyclic) bond motifs is 1. The van der Waals surface area contributed by atoms with E-state index < -0.39 is 0 Å². The van der Waals surface area contributed by atoms with E-state index in [1.807, 2.05) is 0 Å². The smallest absolute Gasteiger partial charge is 0.131 e. The first-order valence-electron chi connectivity index (χ1n) is 5.08. The van der Waals surface area contributed by atoms with Gasteiger partial charge in [0.15, 0.2) is 0 Å². The minimum atomic E-state index is -0.230. The Morgan fingerprint density at radius 2 is 1.87 bits per heavy atom. The summed E-state index contributed by atoms with van der Waals surface area (Å²) in [5, 5.41) is 0. The van der Waals surface area contributed by atoms with Crippen LogP contribution in [-0.2, 0) is 0 Å². The van der Waals surface area contributed by atoms with Gasteiger partial charge in [0.25, 0.3) is 0 Å². The van der Waals surface area contributed by atoms with Gasteiger partial charge in [0.2, 0.25) is 0 Å². The molecule has 0 aromatic heterocycles. The summed E-state index contributed by atoms with van der Waals surface area (Å²) < 4.78 is 7.09. The molecule has 2 heteroatoms. The number of benzene rings is 1. The van der Waals surface area contributed by atoms with Crippen molar-refractivity contribution in [1.82, 2.24) is 0 Å². The quantitative estimate of drug-likeness (QED) is 0.684. The molecule has 1 nitrogen and oxygen atoms in total. The van der Waals surface area contributed by atoms with Gasteiger partial charge in [0, 0.05) is 10.0 Å². The highest BCUT2D eigenvalue weighted by Gasteiger charge is 2.26. The molecule has 1 aromatic carbocycles. The van der Waals surface area contributed by atoms with Gasteiger partial charge in [0.05, 0.1) is 0 Å². The highest BCUT2D eigenvalue weighted by Crippen LogP contribution is 2.41. The van der Waals surface area contributed by atoms with Gasteiger partial charge in [-0.05, 0) is 51.0 Å². The fraction of sp³-hybridized carbons (Fsp3) is 0.385. The highest BCUT2D eigenvalue weighted by atomic mass is 79.9. The Kier molecular flexibility index (Phi) is 2.42. The topological polar surface area (TPSA) is 9.23 Å². The molecule has 0 saturated carbocycles. The minimum Gasteiger partial charge on any atom is -0.483 e. The Hall–Kier alpha value is -0.760. The van der Waals surface area contributed by atoms with E-state index in [0.29, 0.717) is 0 Å². The lowest BCUT2D eigenvalue weighted by Gasteiger charge is -2.31. The van der Waals surface area contributed by atoms with Gasteiger partial charge in [-0.1, -0.05) is 22.0 Å². The second-order valence-electron chi connectivity index (χ2n) is 4.66. The van der Waals surface area contributed by atoms with Crippen LogP contribution in [-0.4, -0.2) is 5.60 Å². The molecule has 0 atom stereocenters. The van der Waals surface area contributed by atoms with Crippen molar-refractivity contribution in [2.75, 3.05) is 0 Å². The monoisotopic (exact) mass is 266 g/mol. The van der Waals surface area contributed by atoms with E-state index in [0.717, 1.165) is 15.8 Å². The summed E-state index contributed by atoms with van der Waals surface area (Å²) in [7, 11) is 0. The third-order valence-electron chi connectivity index (χ3n) is 2.52. The van der Waals surface area contributed by atoms with E-state index >= 15 is 0 Å². The normalized spacial score (nSPS) is 17.8. The zero-order chi connectivity index (χ0) is 11.2. The molecule has 0 fully saturated rings. The van der Waals surface area contributed by atoms with E-state index in [1.165, 1.54) is 11.1 Å². The standard InChI is InChI=1S/C13H15BrO/c1-8-5-9(2)12-10(6-8)11(14)7-13(3,4)15-12/h5-7H,1-4H3. The van der Waals surface area contributed by atoms with Gasteiger partial charge in [-0.2, -0.15) is 0 Å². The van der Waals surface area contributed by atoms with Crippen molar-refractivity contribution in [2.24, 2.45) is 0 Å². The zero-order valence-corrected chi connectivity index (χ0v) is 11.1. The summed E-state index contributed by atoms with van der Waals surface area (Å²) in [6.07, 6.45) is 2.11. The van der Waals surface area contributed by atoms with Crippen LogP contribution >= 0.6 is 15.9 Å². The first kappa shape index (κ1) is 10.7. The van der Waals surface area contributed by atoms with E-state index in [-0.39, 0.29) is 5.60 Å². The number of aryl methyl sites for hydroxylation is 2. The van der Waals surface area contributed by atoms with Crippen LogP contribution < -0.4 is 4.74 Å². The molecule has 0 saturated heterocycles. The Labute approximate surface area is 99.3 Å². The van der Waals surface area contributed by atoms with E-state index in [4.69, 9.17) is 4.74 Å². The third kappa shape index (κ3) is 1.96. The number of hydrogen-bond acceptors (Lipinski definition) is 1. The van der Waals surface area contributed by atoms with Crippen LogP contribution in [0.4, 0.5) is 0 Å². The van der Waals surface area contributed by atoms with E-state index in [1.54, 1.807) is 0 Å². The fourth-order valence-electron chi connectivity index (χ4n) is 1.94. The summed E-state index contributed by atoms with van der Waals surface area (Å²) in [4.78, 5) is 0. The summed E-state index contributed by atoms with van der Waals surface area (Å²) in [6.45, 7) is 8.33. The molecule has 0 bridgehead atoms. The van der Waals surface area contributed by atoms with Gasteiger partial charge in [-0.25, -0.2) is 0 Å². The van der Waals surface area contributed by atoms with Crippen molar-refractivity contribution in [2.45, 2.75) is 33.3 Å². The summed E-state index contributed by atoms with van der Waals surface area (Å²) in [5.41, 5.74) is 3.39. The van der Waals surface area contributed by atoms with Gasteiger partial charge < -0.3 is 4.74 Å². The SMILES string of the molecule is Cc1cc(C)c2c(c1)C(Br)=CC(C)(C)O2. The maximum atomic E-state index is 5.97. The van der Waals surface area contributed by atoms with Gasteiger partial charge >= 0.3 is 0 Å². The first-order chi connectivity index (χ1) is 6.89. The van der Waals surface area contributed by atoms with Crippen molar-refractivity contribution in [1.29, 1.82) is 0 Å². The van der Waals surface area contributed by atoms with Crippen LogP contribution in [0.1, 0.15) is 30.5 Å². The Morgan fingerprint density at radius 1 is 1.20 bits per heavy atom. The van der Waals surface area contributed by atoms with Crippen LogP contribution in [0.25, 0.3) is 4.48 Å². The lowest BCUT2D eigenvalue weighted by atomic mass is 9.98. The van der Waals surface area contributed by atoms with Crippen molar-refractivity contribution in [3.63, 3.8) is 0 Å². The number of halogens is 1. The first-order valence-corrected chi connectivity index (χ1v) is 5.87. The molecule has 80 valence electrons. The summed E-state index contributed by atoms with van der Waals surface area (Å²) in [6, 6.07) is 4.30. The largest absolute Gasteiger partial charge is 0.483 e. The lowest BCUT2D eigenvalue weighted by Crippen LogP contribution is -2.28. The number of hydrogen-bond donors (Lipinski definition) is 0. The van der Waals surface area contributed by atoms with Crippen molar-refractivity contribution < 1.29 is 4.74 Å². The molecule has 0 radical (unpaired) electrons. The molecule has 0 spiro atoms. The predicted octanol–water partition coefficient (Wildman–Crippen LogP) is 4.21. The molecule has 1 aromatic rings. The maximum Gasteiger partial charge on any atom is 0.131 e. The molecule has 0 aliphatic carbocycles. The highest BCUT2D eigenvalue weighted by molar-refractivity contribution is 9.15. The van der Waals surface area contributed by atoms with E-state index in [9.17, 15) is 0 Å². The summed E-state index contributed by atoms with van der Waals surface area (Å²) in [5.74, 6) is 1.000. The zero-order valence-electron chi connectivity index (χ0n) is 9.52. The molecule has 1 aliphatic rings. The lowest BCUT2D eigenvalue weighted by molar-refractivity contribution is 0.157. The van der Waals surface area contributed by atoms with Crippen molar-refractivity contribution >= 4 is 20.4 Å². The van der Waals surface area contributed by atoms with Gasteiger partial charge in [0.1, 0.15) is 11.4 Å². The average Bonchev–Trinajstić information content (AvgIpc) is 2.06. The van der Waals surface area contributed by atoms with Crippen LogP contribution in [0.15, 0.2) is 18.2 Å². The maximum absolute atomic E-state index is 5.97. The molecule has 1 aliphatic heterocycles. The molecule has 2 rings (SSSR count). The third-order valence-corrected chi connectivity index (χ3v) is 3.17. The molecule has 0 N–H and O–H groups in total. The fourth-order valence-corrected chi connectivity index (χ4v) is 2.79. The Bertz CT molecular complexity index is 444. The van der Waals surface area contributed by atoms with Gasteiger partial charge in [-0.3, -0.25) is 0 Å².